The highest BCUT2D eigenvalue weighted by atomic mass is 32.1. The number of carbonyl (C=O) groups excluding carboxylic acids is 1. The smallest absolute Gasteiger partial charge is 0.262 e. The molecule has 4 nitrogen and oxygen atoms in total. The minimum atomic E-state index is -0.0189. The highest BCUT2D eigenvalue weighted by Crippen LogP contribution is 2.29. The molecule has 0 radical (unpaired) electrons. The predicted octanol–water partition coefficient (Wildman–Crippen LogP) is 4.58. The second-order valence-electron chi connectivity index (χ2n) is 6.51. The lowest BCUT2D eigenvalue weighted by atomic mass is 10.1. The Morgan fingerprint density at radius 3 is 2.65 bits per heavy atom. The van der Waals surface area contributed by atoms with E-state index in [4.69, 9.17) is 4.42 Å². The Morgan fingerprint density at radius 1 is 1.12 bits per heavy atom. The molecule has 1 saturated heterocycles. The maximum absolute atomic E-state index is 12.8. The lowest BCUT2D eigenvalue weighted by Crippen LogP contribution is -2.36. The Morgan fingerprint density at radius 2 is 1.92 bits per heavy atom. The molecule has 1 amide bonds. The van der Waals surface area contributed by atoms with E-state index in [1.165, 1.54) is 24.2 Å². The molecule has 134 valence electrons. The SMILES string of the molecule is O=C(NC[C@@H](c1ccco1)N1CCCC1)c1sccc1-c1ccccc1. The van der Waals surface area contributed by atoms with Crippen LogP contribution < -0.4 is 5.32 Å². The Kier molecular flexibility index (Phi) is 5.18. The van der Waals surface area contributed by atoms with Crippen LogP contribution in [-0.2, 0) is 0 Å². The molecule has 1 fully saturated rings. The highest BCUT2D eigenvalue weighted by molar-refractivity contribution is 7.12. The van der Waals surface area contributed by atoms with Crippen LogP contribution in [0.25, 0.3) is 11.1 Å². The molecule has 0 spiro atoms. The van der Waals surface area contributed by atoms with E-state index in [0.717, 1.165) is 34.9 Å². The van der Waals surface area contributed by atoms with Crippen molar-refractivity contribution in [1.29, 1.82) is 0 Å². The summed E-state index contributed by atoms with van der Waals surface area (Å²) in [4.78, 5) is 16.0. The van der Waals surface area contributed by atoms with E-state index in [2.05, 4.69) is 10.2 Å². The largest absolute Gasteiger partial charge is 0.468 e. The van der Waals surface area contributed by atoms with Crippen molar-refractivity contribution in [3.63, 3.8) is 0 Å². The number of likely N-dealkylation sites (tertiary alicyclic amines) is 1. The Hall–Kier alpha value is -2.37. The predicted molar refractivity (Wildman–Crippen MR) is 104 cm³/mol. The number of hydrogen-bond donors (Lipinski definition) is 1. The molecule has 1 N–H and O–H groups in total. The molecule has 26 heavy (non-hydrogen) atoms. The van der Waals surface area contributed by atoms with Crippen LogP contribution in [0.5, 0.6) is 0 Å². The van der Waals surface area contributed by atoms with Crippen LogP contribution in [0, 0.1) is 0 Å². The zero-order chi connectivity index (χ0) is 17.8. The summed E-state index contributed by atoms with van der Waals surface area (Å²) in [5, 5.41) is 5.10. The zero-order valence-electron chi connectivity index (χ0n) is 14.6. The Balaban J connectivity index is 1.49. The third-order valence-corrected chi connectivity index (χ3v) is 5.78. The average Bonchev–Trinajstić information content (AvgIpc) is 3.44. The highest BCUT2D eigenvalue weighted by Gasteiger charge is 2.26. The quantitative estimate of drug-likeness (QED) is 0.695. The summed E-state index contributed by atoms with van der Waals surface area (Å²) in [6, 6.07) is 16.1. The van der Waals surface area contributed by atoms with Crippen molar-refractivity contribution in [2.24, 2.45) is 0 Å². The molecule has 4 rings (SSSR count). The van der Waals surface area contributed by atoms with Crippen molar-refractivity contribution in [1.82, 2.24) is 10.2 Å². The van der Waals surface area contributed by atoms with Crippen LogP contribution in [-0.4, -0.2) is 30.4 Å². The summed E-state index contributed by atoms with van der Waals surface area (Å²) >= 11 is 1.48. The molecular weight excluding hydrogens is 344 g/mol. The number of benzene rings is 1. The first-order valence-corrected chi connectivity index (χ1v) is 9.89. The monoisotopic (exact) mass is 366 g/mol. The Labute approximate surface area is 157 Å². The van der Waals surface area contributed by atoms with Gasteiger partial charge in [-0.25, -0.2) is 0 Å². The molecule has 0 bridgehead atoms. The molecule has 1 aliphatic rings. The van der Waals surface area contributed by atoms with Crippen molar-refractivity contribution < 1.29 is 9.21 Å². The normalized spacial score (nSPS) is 15.8. The van der Waals surface area contributed by atoms with E-state index < -0.39 is 0 Å². The van der Waals surface area contributed by atoms with Crippen molar-refractivity contribution >= 4 is 17.2 Å². The second-order valence-corrected chi connectivity index (χ2v) is 7.43. The van der Waals surface area contributed by atoms with Crippen LogP contribution in [0.15, 0.2) is 64.6 Å². The second kappa shape index (κ2) is 7.89. The molecular formula is C21H22N2O2S. The van der Waals surface area contributed by atoms with E-state index in [1.807, 2.05) is 53.9 Å². The van der Waals surface area contributed by atoms with Gasteiger partial charge in [-0.15, -0.1) is 11.3 Å². The van der Waals surface area contributed by atoms with Crippen molar-refractivity contribution in [3.05, 3.63) is 70.8 Å². The molecule has 2 aromatic heterocycles. The van der Waals surface area contributed by atoms with Crippen molar-refractivity contribution in [2.45, 2.75) is 18.9 Å². The number of thiophene rings is 1. The van der Waals surface area contributed by atoms with Crippen LogP contribution in [0.4, 0.5) is 0 Å². The summed E-state index contributed by atoms with van der Waals surface area (Å²) < 4.78 is 5.63. The van der Waals surface area contributed by atoms with E-state index in [-0.39, 0.29) is 11.9 Å². The molecule has 3 aromatic rings. The van der Waals surface area contributed by atoms with E-state index >= 15 is 0 Å². The molecule has 1 aliphatic heterocycles. The summed E-state index contributed by atoms with van der Waals surface area (Å²) in [6.07, 6.45) is 4.11. The van der Waals surface area contributed by atoms with Gasteiger partial charge in [0.2, 0.25) is 0 Å². The lowest BCUT2D eigenvalue weighted by molar-refractivity contribution is 0.0938. The van der Waals surface area contributed by atoms with Crippen molar-refractivity contribution in [2.75, 3.05) is 19.6 Å². The summed E-state index contributed by atoms with van der Waals surface area (Å²) in [5.74, 6) is 0.899. The molecule has 3 heterocycles. The first-order valence-electron chi connectivity index (χ1n) is 9.01. The minimum Gasteiger partial charge on any atom is -0.468 e. The molecule has 0 unspecified atom stereocenters. The van der Waals surface area contributed by atoms with Gasteiger partial charge in [-0.3, -0.25) is 9.69 Å². The van der Waals surface area contributed by atoms with Crippen molar-refractivity contribution in [3.8, 4) is 11.1 Å². The summed E-state index contributed by atoms with van der Waals surface area (Å²) in [7, 11) is 0. The van der Waals surface area contributed by atoms with Gasteiger partial charge in [0.05, 0.1) is 17.2 Å². The summed E-state index contributed by atoms with van der Waals surface area (Å²) in [6.45, 7) is 2.66. The van der Waals surface area contributed by atoms with Crippen LogP contribution in [0.1, 0.15) is 34.3 Å². The molecule has 0 saturated carbocycles. The van der Waals surface area contributed by atoms with Gasteiger partial charge in [0, 0.05) is 12.1 Å². The number of nitrogens with one attached hydrogen (secondary N) is 1. The van der Waals surface area contributed by atoms with Gasteiger partial charge in [-0.05, 0) is 55.1 Å². The van der Waals surface area contributed by atoms with Gasteiger partial charge >= 0.3 is 0 Å². The third-order valence-electron chi connectivity index (χ3n) is 4.87. The Bertz CT molecular complexity index is 836. The number of nitrogens with zero attached hydrogens (tertiary/aromatic N) is 1. The van der Waals surface area contributed by atoms with E-state index in [1.54, 1.807) is 6.26 Å². The number of carbonyl (C=O) groups is 1. The first kappa shape index (κ1) is 17.1. The van der Waals surface area contributed by atoms with Gasteiger partial charge in [0.1, 0.15) is 5.76 Å². The van der Waals surface area contributed by atoms with Gasteiger partial charge in [-0.2, -0.15) is 0 Å². The molecule has 1 atom stereocenters. The number of hydrogen-bond acceptors (Lipinski definition) is 4. The van der Waals surface area contributed by atoms with Crippen LogP contribution in [0.2, 0.25) is 0 Å². The maximum atomic E-state index is 12.8. The van der Waals surface area contributed by atoms with Crippen LogP contribution >= 0.6 is 11.3 Å². The standard InChI is InChI=1S/C21H22N2O2S/c24-21(20-17(10-14-26-20)16-7-2-1-3-8-16)22-15-18(19-9-6-13-25-19)23-11-4-5-12-23/h1-3,6-10,13-14,18H,4-5,11-12,15H2,(H,22,24)/t18-/m0/s1. The van der Waals surface area contributed by atoms with Gasteiger partial charge in [0.15, 0.2) is 0 Å². The molecule has 5 heteroatoms. The lowest BCUT2D eigenvalue weighted by Gasteiger charge is -2.26. The van der Waals surface area contributed by atoms with E-state index in [0.29, 0.717) is 6.54 Å². The first-order chi connectivity index (χ1) is 12.8. The fraction of sp³-hybridized carbons (Fsp3) is 0.286. The fourth-order valence-electron chi connectivity index (χ4n) is 3.54. The third kappa shape index (κ3) is 3.59. The van der Waals surface area contributed by atoms with Gasteiger partial charge < -0.3 is 9.73 Å². The fourth-order valence-corrected chi connectivity index (χ4v) is 4.38. The van der Waals surface area contributed by atoms with Gasteiger partial charge in [0.25, 0.3) is 5.91 Å². The zero-order valence-corrected chi connectivity index (χ0v) is 15.4. The summed E-state index contributed by atoms with van der Waals surface area (Å²) in [5.41, 5.74) is 2.06. The molecule has 0 aliphatic carbocycles. The van der Waals surface area contributed by atoms with E-state index in [9.17, 15) is 4.79 Å². The minimum absolute atomic E-state index is 0.0189. The average molecular weight is 366 g/mol. The number of rotatable bonds is 6. The van der Waals surface area contributed by atoms with Gasteiger partial charge in [-0.1, -0.05) is 30.3 Å². The number of amides is 1. The number of furan rings is 1. The maximum Gasteiger partial charge on any atom is 0.262 e. The topological polar surface area (TPSA) is 45.5 Å². The molecule has 1 aromatic carbocycles. The van der Waals surface area contributed by atoms with Crippen LogP contribution in [0.3, 0.4) is 0 Å².